The highest BCUT2D eigenvalue weighted by atomic mass is 32.2. The molecule has 2 atom stereocenters. The Morgan fingerprint density at radius 3 is 2.60 bits per heavy atom. The Hall–Kier alpha value is -1.44. The average Bonchev–Trinajstić information content (AvgIpc) is 2.42. The number of carbonyl (C=O) groups is 1. The van der Waals surface area contributed by atoms with Gasteiger partial charge in [-0.1, -0.05) is 32.4 Å². The first-order valence-electron chi connectivity index (χ1n) is 6.40. The van der Waals surface area contributed by atoms with Crippen LogP contribution in [-0.2, 0) is 21.4 Å². The van der Waals surface area contributed by atoms with Gasteiger partial charge in [-0.15, -0.1) is 0 Å². The van der Waals surface area contributed by atoms with Crippen molar-refractivity contribution < 1.29 is 13.2 Å². The van der Waals surface area contributed by atoms with Gasteiger partial charge in [0.25, 0.3) is 0 Å². The maximum atomic E-state index is 11.8. The van der Waals surface area contributed by atoms with Gasteiger partial charge < -0.3 is 11.1 Å². The minimum absolute atomic E-state index is 0.0236. The summed E-state index contributed by atoms with van der Waals surface area (Å²) in [7, 11) is -3.74. The number of rotatable bonds is 6. The number of hydrogen-bond acceptors (Lipinski definition) is 4. The fourth-order valence-electron chi connectivity index (χ4n) is 1.65. The summed E-state index contributed by atoms with van der Waals surface area (Å²) in [6.45, 7) is 4.09. The van der Waals surface area contributed by atoms with Crippen molar-refractivity contribution in [3.8, 4) is 0 Å². The molecule has 1 aromatic carbocycles. The molecule has 0 saturated heterocycles. The molecule has 112 valence electrons. The van der Waals surface area contributed by atoms with Gasteiger partial charge in [0, 0.05) is 6.54 Å². The summed E-state index contributed by atoms with van der Waals surface area (Å²) in [5.74, 6) is -0.161. The third-order valence-corrected chi connectivity index (χ3v) is 4.16. The summed E-state index contributed by atoms with van der Waals surface area (Å²) in [5.41, 5.74) is 6.46. The van der Waals surface area contributed by atoms with Crippen LogP contribution in [-0.4, -0.2) is 20.4 Å². The molecule has 1 rings (SSSR count). The molecular weight excluding hydrogens is 278 g/mol. The predicted molar refractivity (Wildman–Crippen MR) is 77.1 cm³/mol. The molecule has 5 N–H and O–H groups in total. The summed E-state index contributed by atoms with van der Waals surface area (Å²) in [6, 6.07) is 5.57. The third-order valence-electron chi connectivity index (χ3n) is 3.25. The second-order valence-electron chi connectivity index (χ2n) is 4.82. The Morgan fingerprint density at radius 2 is 2.05 bits per heavy atom. The van der Waals surface area contributed by atoms with E-state index in [9.17, 15) is 13.2 Å². The normalized spacial score (nSPS) is 14.6. The summed E-state index contributed by atoms with van der Waals surface area (Å²) in [5, 5.41) is 7.75. The highest BCUT2D eigenvalue weighted by Crippen LogP contribution is 2.10. The number of nitrogens with one attached hydrogen (secondary N) is 1. The molecule has 7 heteroatoms. The first kappa shape index (κ1) is 16.6. The Morgan fingerprint density at radius 1 is 1.40 bits per heavy atom. The van der Waals surface area contributed by atoms with Crippen molar-refractivity contribution in [3.63, 3.8) is 0 Å². The molecular formula is C13H21N3O3S. The molecule has 0 aromatic heterocycles. The largest absolute Gasteiger partial charge is 0.351 e. The van der Waals surface area contributed by atoms with E-state index < -0.39 is 16.1 Å². The lowest BCUT2D eigenvalue weighted by Gasteiger charge is -2.17. The van der Waals surface area contributed by atoms with Crippen LogP contribution in [0.3, 0.4) is 0 Å². The Labute approximate surface area is 119 Å². The van der Waals surface area contributed by atoms with Gasteiger partial charge in [-0.3, -0.25) is 4.79 Å². The lowest BCUT2D eigenvalue weighted by Crippen LogP contribution is -2.44. The van der Waals surface area contributed by atoms with Gasteiger partial charge >= 0.3 is 0 Å². The number of sulfonamides is 1. The van der Waals surface area contributed by atoms with E-state index in [0.29, 0.717) is 5.56 Å². The molecule has 1 unspecified atom stereocenters. The second kappa shape index (κ2) is 6.83. The van der Waals surface area contributed by atoms with Crippen LogP contribution in [0.2, 0.25) is 0 Å². The highest BCUT2D eigenvalue weighted by Gasteiger charge is 2.19. The van der Waals surface area contributed by atoms with Crippen molar-refractivity contribution in [2.24, 2.45) is 16.8 Å². The summed E-state index contributed by atoms with van der Waals surface area (Å²) < 4.78 is 22.5. The molecule has 1 amide bonds. The topological polar surface area (TPSA) is 115 Å². The molecule has 0 spiro atoms. The maximum Gasteiger partial charge on any atom is 0.238 e. The minimum Gasteiger partial charge on any atom is -0.351 e. The average molecular weight is 299 g/mol. The zero-order chi connectivity index (χ0) is 15.3. The first-order valence-corrected chi connectivity index (χ1v) is 7.95. The molecule has 0 bridgehead atoms. The van der Waals surface area contributed by atoms with Crippen LogP contribution >= 0.6 is 0 Å². The highest BCUT2D eigenvalue weighted by molar-refractivity contribution is 7.89. The van der Waals surface area contributed by atoms with Crippen molar-refractivity contribution in [2.75, 3.05) is 0 Å². The minimum atomic E-state index is -3.74. The predicted octanol–water partition coefficient (Wildman–Crippen LogP) is 0.324. The quantitative estimate of drug-likeness (QED) is 0.701. The van der Waals surface area contributed by atoms with E-state index in [1.165, 1.54) is 12.1 Å². The van der Waals surface area contributed by atoms with Crippen LogP contribution in [0, 0.1) is 5.92 Å². The lowest BCUT2D eigenvalue weighted by molar-refractivity contribution is -0.123. The van der Waals surface area contributed by atoms with Gasteiger partial charge in [0.2, 0.25) is 15.9 Å². The van der Waals surface area contributed by atoms with Gasteiger partial charge in [-0.2, -0.15) is 0 Å². The van der Waals surface area contributed by atoms with Gasteiger partial charge in [-0.25, -0.2) is 13.6 Å². The molecule has 0 aliphatic rings. The van der Waals surface area contributed by atoms with Crippen LogP contribution in [0.1, 0.15) is 25.8 Å². The van der Waals surface area contributed by atoms with Gasteiger partial charge in [-0.05, 0) is 23.6 Å². The van der Waals surface area contributed by atoms with E-state index in [1.807, 2.05) is 13.8 Å². The van der Waals surface area contributed by atoms with E-state index >= 15 is 0 Å². The van der Waals surface area contributed by atoms with Gasteiger partial charge in [0.1, 0.15) is 0 Å². The van der Waals surface area contributed by atoms with Crippen LogP contribution < -0.4 is 16.2 Å². The molecule has 0 heterocycles. The van der Waals surface area contributed by atoms with Crippen molar-refractivity contribution in [1.82, 2.24) is 5.32 Å². The smallest absolute Gasteiger partial charge is 0.238 e. The van der Waals surface area contributed by atoms with Crippen LogP contribution in [0.4, 0.5) is 0 Å². The number of hydrogen-bond donors (Lipinski definition) is 3. The molecule has 1 aromatic rings. The molecule has 20 heavy (non-hydrogen) atoms. The summed E-state index contributed by atoms with van der Waals surface area (Å²) >= 11 is 0. The van der Waals surface area contributed by atoms with E-state index in [4.69, 9.17) is 10.9 Å². The fraction of sp³-hybridized carbons (Fsp3) is 0.462. The SMILES string of the molecule is CCC(C)[C@H](N)C(=O)NCc1cccc(S(N)(=O)=O)c1. The van der Waals surface area contributed by atoms with Crippen molar-refractivity contribution in [3.05, 3.63) is 29.8 Å². The van der Waals surface area contributed by atoms with Gasteiger partial charge in [0.05, 0.1) is 10.9 Å². The first-order chi connectivity index (χ1) is 9.25. The van der Waals surface area contributed by atoms with Crippen molar-refractivity contribution >= 4 is 15.9 Å². The van der Waals surface area contributed by atoms with E-state index in [-0.39, 0.29) is 23.3 Å². The number of nitrogens with two attached hydrogens (primary N) is 2. The number of primary sulfonamides is 1. The fourth-order valence-corrected chi connectivity index (χ4v) is 2.24. The maximum absolute atomic E-state index is 11.8. The molecule has 0 fully saturated rings. The van der Waals surface area contributed by atoms with E-state index in [0.717, 1.165) is 6.42 Å². The van der Waals surface area contributed by atoms with Crippen LogP contribution in [0.5, 0.6) is 0 Å². The molecule has 0 aliphatic carbocycles. The molecule has 0 saturated carbocycles. The number of amides is 1. The summed E-state index contributed by atoms with van der Waals surface area (Å²) in [4.78, 5) is 11.8. The molecule has 0 aliphatic heterocycles. The molecule has 0 radical (unpaired) electrons. The summed E-state index contributed by atoms with van der Waals surface area (Å²) in [6.07, 6.45) is 0.815. The molecule has 6 nitrogen and oxygen atoms in total. The zero-order valence-corrected chi connectivity index (χ0v) is 12.5. The second-order valence-corrected chi connectivity index (χ2v) is 6.38. The van der Waals surface area contributed by atoms with Crippen molar-refractivity contribution in [2.45, 2.75) is 37.8 Å². The standard InChI is InChI=1S/C13H21N3O3S/c1-3-9(2)12(14)13(17)16-8-10-5-4-6-11(7-10)20(15,18)19/h4-7,9,12H,3,8,14H2,1-2H3,(H,16,17)(H2,15,18,19)/t9?,12-/m0/s1. The third kappa shape index (κ3) is 4.59. The van der Waals surface area contributed by atoms with Crippen molar-refractivity contribution in [1.29, 1.82) is 0 Å². The monoisotopic (exact) mass is 299 g/mol. The van der Waals surface area contributed by atoms with Crippen LogP contribution in [0.25, 0.3) is 0 Å². The van der Waals surface area contributed by atoms with E-state index in [2.05, 4.69) is 5.32 Å². The zero-order valence-electron chi connectivity index (χ0n) is 11.7. The Balaban J connectivity index is 2.69. The number of carbonyl (C=O) groups excluding carboxylic acids is 1. The number of benzene rings is 1. The lowest BCUT2D eigenvalue weighted by atomic mass is 9.99. The Bertz CT molecular complexity index is 572. The Kier molecular flexibility index (Phi) is 5.67. The van der Waals surface area contributed by atoms with E-state index in [1.54, 1.807) is 12.1 Å². The van der Waals surface area contributed by atoms with Gasteiger partial charge in [0.15, 0.2) is 0 Å². The van der Waals surface area contributed by atoms with Crippen LogP contribution in [0.15, 0.2) is 29.2 Å².